The maximum atomic E-state index is 12.4. The molecule has 2 aromatic rings. The molecule has 154 valence electrons. The monoisotopic (exact) mass is 403 g/mol. The van der Waals surface area contributed by atoms with Crippen LogP contribution in [0.3, 0.4) is 0 Å². The predicted molar refractivity (Wildman–Crippen MR) is 104 cm³/mol. The molecule has 0 atom stereocenters. The van der Waals surface area contributed by atoms with Gasteiger partial charge >= 0.3 is 0 Å². The summed E-state index contributed by atoms with van der Waals surface area (Å²) in [4.78, 5) is 34.5. The van der Waals surface area contributed by atoms with Crippen molar-refractivity contribution in [2.75, 3.05) is 34.4 Å². The van der Waals surface area contributed by atoms with E-state index in [1.165, 1.54) is 57.7 Å². The molecule has 0 aliphatic rings. The van der Waals surface area contributed by atoms with Gasteiger partial charge in [0.2, 0.25) is 5.75 Å². The molecule has 10 nitrogen and oxygen atoms in total. The number of benzene rings is 2. The van der Waals surface area contributed by atoms with Gasteiger partial charge in [-0.15, -0.1) is 0 Å². The molecule has 0 radical (unpaired) electrons. The van der Waals surface area contributed by atoms with E-state index in [1.54, 1.807) is 0 Å². The molecular formula is C19H21N3O7. The quantitative estimate of drug-likeness (QED) is 0.371. The summed E-state index contributed by atoms with van der Waals surface area (Å²) in [7, 11) is 4.37. The Balaban J connectivity index is 1.91. The van der Waals surface area contributed by atoms with Gasteiger partial charge in [0.15, 0.2) is 11.5 Å². The third kappa shape index (κ3) is 5.34. The molecule has 29 heavy (non-hydrogen) atoms. The highest BCUT2D eigenvalue weighted by Gasteiger charge is 2.17. The third-order valence-electron chi connectivity index (χ3n) is 3.96. The van der Waals surface area contributed by atoms with E-state index in [4.69, 9.17) is 14.2 Å². The Hall–Kier alpha value is -3.82. The van der Waals surface area contributed by atoms with Gasteiger partial charge in [0.25, 0.3) is 17.5 Å². The molecule has 0 saturated carbocycles. The van der Waals surface area contributed by atoms with Crippen molar-refractivity contribution in [1.29, 1.82) is 0 Å². The SMILES string of the molecule is COc1cc(C(=O)NCCNC(=O)c2ccc([N+](=O)[O-])cc2)cc(OC)c1OC. The molecule has 2 aromatic carbocycles. The molecule has 0 aromatic heterocycles. The van der Waals surface area contributed by atoms with E-state index in [9.17, 15) is 19.7 Å². The van der Waals surface area contributed by atoms with Crippen LogP contribution in [0.1, 0.15) is 20.7 Å². The predicted octanol–water partition coefficient (Wildman–Crippen LogP) is 1.78. The largest absolute Gasteiger partial charge is 0.493 e. The minimum absolute atomic E-state index is 0.0980. The van der Waals surface area contributed by atoms with Crippen LogP contribution in [-0.4, -0.2) is 51.2 Å². The molecule has 2 rings (SSSR count). The van der Waals surface area contributed by atoms with E-state index < -0.39 is 10.8 Å². The molecule has 0 aliphatic carbocycles. The smallest absolute Gasteiger partial charge is 0.269 e. The second-order valence-electron chi connectivity index (χ2n) is 5.73. The van der Waals surface area contributed by atoms with Crippen molar-refractivity contribution in [2.45, 2.75) is 0 Å². The molecule has 0 bridgehead atoms. The molecule has 0 unspecified atom stereocenters. The van der Waals surface area contributed by atoms with Crippen molar-refractivity contribution in [3.63, 3.8) is 0 Å². The highest BCUT2D eigenvalue weighted by atomic mass is 16.6. The van der Waals surface area contributed by atoms with E-state index in [0.717, 1.165) is 0 Å². The van der Waals surface area contributed by atoms with Gasteiger partial charge in [0, 0.05) is 36.3 Å². The highest BCUT2D eigenvalue weighted by molar-refractivity contribution is 5.96. The fraction of sp³-hybridized carbons (Fsp3) is 0.263. The lowest BCUT2D eigenvalue weighted by atomic mass is 10.1. The summed E-state index contributed by atoms with van der Waals surface area (Å²) < 4.78 is 15.6. The normalized spacial score (nSPS) is 10.0. The van der Waals surface area contributed by atoms with Crippen LogP contribution in [0.2, 0.25) is 0 Å². The van der Waals surface area contributed by atoms with Gasteiger partial charge in [0.05, 0.1) is 26.3 Å². The van der Waals surface area contributed by atoms with Crippen molar-refractivity contribution in [1.82, 2.24) is 10.6 Å². The fourth-order valence-corrected chi connectivity index (χ4v) is 2.50. The molecule has 0 spiro atoms. The van der Waals surface area contributed by atoms with Gasteiger partial charge in [-0.1, -0.05) is 0 Å². The first-order valence-corrected chi connectivity index (χ1v) is 8.52. The van der Waals surface area contributed by atoms with E-state index in [-0.39, 0.29) is 30.2 Å². The third-order valence-corrected chi connectivity index (χ3v) is 3.96. The standard InChI is InChI=1S/C19H21N3O7/c1-27-15-10-13(11-16(28-2)17(15)29-3)19(24)21-9-8-20-18(23)12-4-6-14(7-5-12)22(25)26/h4-7,10-11H,8-9H2,1-3H3,(H,20,23)(H,21,24). The van der Waals surface area contributed by atoms with Crippen LogP contribution in [0, 0.1) is 10.1 Å². The molecule has 0 aliphatic heterocycles. The van der Waals surface area contributed by atoms with Gasteiger partial charge in [-0.3, -0.25) is 19.7 Å². The van der Waals surface area contributed by atoms with Crippen LogP contribution >= 0.6 is 0 Å². The lowest BCUT2D eigenvalue weighted by Gasteiger charge is -2.14. The number of amides is 2. The Morgan fingerprint density at radius 1 is 0.862 bits per heavy atom. The van der Waals surface area contributed by atoms with Crippen LogP contribution in [0.15, 0.2) is 36.4 Å². The van der Waals surface area contributed by atoms with Gasteiger partial charge in [-0.2, -0.15) is 0 Å². The number of rotatable bonds is 9. The maximum absolute atomic E-state index is 12.4. The average molecular weight is 403 g/mol. The summed E-state index contributed by atoms with van der Waals surface area (Å²) in [5, 5.41) is 15.9. The van der Waals surface area contributed by atoms with Gasteiger partial charge in [-0.05, 0) is 24.3 Å². The zero-order valence-corrected chi connectivity index (χ0v) is 16.2. The number of hydrogen-bond donors (Lipinski definition) is 2. The number of carbonyl (C=O) groups is 2. The number of nitrogens with zero attached hydrogens (tertiary/aromatic N) is 1. The Labute approximate surface area is 166 Å². The summed E-state index contributed by atoms with van der Waals surface area (Å²) in [6.07, 6.45) is 0. The Morgan fingerprint density at radius 2 is 1.34 bits per heavy atom. The average Bonchev–Trinajstić information content (AvgIpc) is 2.75. The van der Waals surface area contributed by atoms with Crippen LogP contribution in [0.4, 0.5) is 5.69 Å². The highest BCUT2D eigenvalue weighted by Crippen LogP contribution is 2.38. The van der Waals surface area contributed by atoms with Crippen molar-refractivity contribution in [3.05, 3.63) is 57.6 Å². The Bertz CT molecular complexity index is 872. The first kappa shape index (κ1) is 21.5. The Kier molecular flexibility index (Phi) is 7.35. The summed E-state index contributed by atoms with van der Waals surface area (Å²) in [6.45, 7) is 0.347. The first-order valence-electron chi connectivity index (χ1n) is 8.52. The summed E-state index contributed by atoms with van der Waals surface area (Å²) in [5.41, 5.74) is 0.493. The lowest BCUT2D eigenvalue weighted by Crippen LogP contribution is -2.34. The molecule has 0 heterocycles. The lowest BCUT2D eigenvalue weighted by molar-refractivity contribution is -0.384. The summed E-state index contributed by atoms with van der Waals surface area (Å²) in [6, 6.07) is 8.27. The van der Waals surface area contributed by atoms with E-state index in [2.05, 4.69) is 10.6 Å². The number of carbonyl (C=O) groups excluding carboxylic acids is 2. The van der Waals surface area contributed by atoms with Crippen LogP contribution in [-0.2, 0) is 0 Å². The van der Waals surface area contributed by atoms with Crippen LogP contribution in [0.25, 0.3) is 0 Å². The number of methoxy groups -OCH3 is 3. The van der Waals surface area contributed by atoms with Gasteiger partial charge in [-0.25, -0.2) is 0 Å². The minimum atomic E-state index is -0.541. The van der Waals surface area contributed by atoms with Crippen molar-refractivity contribution in [3.8, 4) is 17.2 Å². The summed E-state index contributed by atoms with van der Waals surface area (Å²) in [5.74, 6) is 0.296. The second kappa shape index (κ2) is 9.93. The molecule has 2 amide bonds. The molecular weight excluding hydrogens is 382 g/mol. The number of nitro groups is 1. The van der Waals surface area contributed by atoms with Crippen LogP contribution in [0.5, 0.6) is 17.2 Å². The molecule has 0 saturated heterocycles. The topological polar surface area (TPSA) is 129 Å². The number of ether oxygens (including phenoxy) is 3. The fourth-order valence-electron chi connectivity index (χ4n) is 2.50. The minimum Gasteiger partial charge on any atom is -0.493 e. The van der Waals surface area contributed by atoms with Crippen molar-refractivity contribution in [2.24, 2.45) is 0 Å². The zero-order chi connectivity index (χ0) is 21.4. The molecule has 2 N–H and O–H groups in total. The zero-order valence-electron chi connectivity index (χ0n) is 16.2. The number of nitro benzene ring substituents is 1. The number of hydrogen-bond acceptors (Lipinski definition) is 7. The van der Waals surface area contributed by atoms with E-state index in [0.29, 0.717) is 22.8 Å². The number of nitrogens with one attached hydrogen (secondary N) is 2. The van der Waals surface area contributed by atoms with Gasteiger partial charge in [0.1, 0.15) is 0 Å². The van der Waals surface area contributed by atoms with Crippen LogP contribution < -0.4 is 24.8 Å². The molecule has 0 fully saturated rings. The van der Waals surface area contributed by atoms with Crippen molar-refractivity contribution >= 4 is 17.5 Å². The Morgan fingerprint density at radius 3 is 1.76 bits per heavy atom. The van der Waals surface area contributed by atoms with E-state index in [1.807, 2.05) is 0 Å². The van der Waals surface area contributed by atoms with E-state index >= 15 is 0 Å². The van der Waals surface area contributed by atoms with Crippen molar-refractivity contribution < 1.29 is 28.7 Å². The molecule has 10 heteroatoms. The maximum Gasteiger partial charge on any atom is 0.269 e. The second-order valence-corrected chi connectivity index (χ2v) is 5.73. The number of non-ortho nitro benzene ring substituents is 1. The summed E-state index contributed by atoms with van der Waals surface area (Å²) >= 11 is 0. The van der Waals surface area contributed by atoms with Gasteiger partial charge < -0.3 is 24.8 Å². The first-order chi connectivity index (χ1) is 13.9.